The number of rotatable bonds is 4. The number of hydrogen-bond donors (Lipinski definition) is 1. The summed E-state index contributed by atoms with van der Waals surface area (Å²) >= 11 is 5.94. The number of hydrogen-bond acceptors (Lipinski definition) is 3. The third-order valence-electron chi connectivity index (χ3n) is 3.21. The van der Waals surface area contributed by atoms with Crippen molar-refractivity contribution in [3.05, 3.63) is 59.4 Å². The minimum Gasteiger partial charge on any atom is -0.463 e. The first kappa shape index (κ1) is 15.4. The molecule has 0 atom stereocenters. The van der Waals surface area contributed by atoms with Gasteiger partial charge in [0, 0.05) is 17.1 Å². The van der Waals surface area contributed by atoms with Crippen molar-refractivity contribution >= 4 is 17.5 Å². The minimum atomic E-state index is -0.222. The maximum atomic E-state index is 12.2. The number of nitrogens with zero attached hydrogens (tertiary/aromatic N) is 2. The van der Waals surface area contributed by atoms with E-state index in [4.69, 9.17) is 16.0 Å². The lowest BCUT2D eigenvalue weighted by atomic mass is 10.2. The van der Waals surface area contributed by atoms with Crippen LogP contribution in [0.1, 0.15) is 24.3 Å². The van der Waals surface area contributed by atoms with Crippen LogP contribution in [0.4, 0.5) is 0 Å². The first-order valence-corrected chi connectivity index (χ1v) is 7.63. The van der Waals surface area contributed by atoms with Crippen molar-refractivity contribution in [2.45, 2.75) is 19.9 Å². The minimum absolute atomic E-state index is 0.0373. The highest BCUT2D eigenvalue weighted by atomic mass is 35.5. The number of benzene rings is 1. The topological polar surface area (TPSA) is 60.1 Å². The van der Waals surface area contributed by atoms with Crippen LogP contribution in [-0.4, -0.2) is 21.7 Å². The zero-order valence-corrected chi connectivity index (χ0v) is 13.5. The van der Waals surface area contributed by atoms with Gasteiger partial charge in [-0.15, -0.1) is 0 Å². The molecule has 1 amide bonds. The van der Waals surface area contributed by atoms with Gasteiger partial charge in [-0.1, -0.05) is 11.6 Å². The molecule has 5 nitrogen and oxygen atoms in total. The van der Waals surface area contributed by atoms with E-state index in [9.17, 15) is 4.79 Å². The molecule has 0 aliphatic rings. The summed E-state index contributed by atoms with van der Waals surface area (Å²) in [4.78, 5) is 12.2. The van der Waals surface area contributed by atoms with Crippen LogP contribution in [0.5, 0.6) is 0 Å². The SMILES string of the molecule is CC(C)NC(=O)c1cc(-c2ccco2)n(-c2ccc(Cl)cc2)n1. The highest BCUT2D eigenvalue weighted by Crippen LogP contribution is 2.25. The Morgan fingerprint density at radius 3 is 2.61 bits per heavy atom. The lowest BCUT2D eigenvalue weighted by Gasteiger charge is -2.06. The number of carbonyl (C=O) groups excluding carboxylic acids is 1. The fraction of sp³-hybridized carbons (Fsp3) is 0.176. The third-order valence-corrected chi connectivity index (χ3v) is 3.46. The van der Waals surface area contributed by atoms with Gasteiger partial charge in [0.15, 0.2) is 11.5 Å². The van der Waals surface area contributed by atoms with Crippen LogP contribution in [0.15, 0.2) is 53.1 Å². The molecule has 6 heteroatoms. The fourth-order valence-corrected chi connectivity index (χ4v) is 2.33. The predicted octanol–water partition coefficient (Wildman–Crippen LogP) is 3.92. The number of amides is 1. The Morgan fingerprint density at radius 1 is 1.26 bits per heavy atom. The van der Waals surface area contributed by atoms with Gasteiger partial charge >= 0.3 is 0 Å². The standard InChI is InChI=1S/C17H16ClN3O2/c1-11(2)19-17(22)14-10-15(16-4-3-9-23-16)21(20-14)13-7-5-12(18)6-8-13/h3-11H,1-2H3,(H,19,22). The summed E-state index contributed by atoms with van der Waals surface area (Å²) < 4.78 is 7.13. The van der Waals surface area contributed by atoms with Crippen LogP contribution in [0.3, 0.4) is 0 Å². The van der Waals surface area contributed by atoms with Crippen molar-refractivity contribution < 1.29 is 9.21 Å². The quantitative estimate of drug-likeness (QED) is 0.789. The number of halogens is 1. The maximum Gasteiger partial charge on any atom is 0.272 e. The van der Waals surface area contributed by atoms with E-state index >= 15 is 0 Å². The average molecular weight is 330 g/mol. The molecular weight excluding hydrogens is 314 g/mol. The number of aromatic nitrogens is 2. The molecule has 118 valence electrons. The molecule has 0 saturated heterocycles. The summed E-state index contributed by atoms with van der Waals surface area (Å²) in [5.74, 6) is 0.413. The molecule has 1 aromatic carbocycles. The molecule has 0 aliphatic carbocycles. The first-order chi connectivity index (χ1) is 11.0. The van der Waals surface area contributed by atoms with Crippen molar-refractivity contribution in [1.29, 1.82) is 0 Å². The van der Waals surface area contributed by atoms with Crippen LogP contribution < -0.4 is 5.32 Å². The molecule has 23 heavy (non-hydrogen) atoms. The summed E-state index contributed by atoms with van der Waals surface area (Å²) in [6.07, 6.45) is 1.59. The Bertz CT molecular complexity index is 805. The van der Waals surface area contributed by atoms with Crippen LogP contribution in [0.25, 0.3) is 17.1 Å². The van der Waals surface area contributed by atoms with E-state index in [0.717, 1.165) is 5.69 Å². The Hall–Kier alpha value is -2.53. The Kier molecular flexibility index (Phi) is 4.21. The van der Waals surface area contributed by atoms with Gasteiger partial charge in [0.05, 0.1) is 12.0 Å². The van der Waals surface area contributed by atoms with E-state index in [1.807, 2.05) is 32.0 Å². The zero-order chi connectivity index (χ0) is 16.4. The second-order valence-corrected chi connectivity index (χ2v) is 5.84. The van der Waals surface area contributed by atoms with Crippen molar-refractivity contribution in [2.75, 3.05) is 0 Å². The van der Waals surface area contributed by atoms with Gasteiger partial charge < -0.3 is 9.73 Å². The Morgan fingerprint density at radius 2 is 2.00 bits per heavy atom. The summed E-state index contributed by atoms with van der Waals surface area (Å²) in [5.41, 5.74) is 1.83. The van der Waals surface area contributed by atoms with Gasteiger partial charge in [0.1, 0.15) is 5.69 Å². The van der Waals surface area contributed by atoms with Crippen LogP contribution in [0.2, 0.25) is 5.02 Å². The average Bonchev–Trinajstić information content (AvgIpc) is 3.16. The molecule has 0 saturated carbocycles. The smallest absolute Gasteiger partial charge is 0.272 e. The predicted molar refractivity (Wildman–Crippen MR) is 88.9 cm³/mol. The lowest BCUT2D eigenvalue weighted by Crippen LogP contribution is -2.30. The zero-order valence-electron chi connectivity index (χ0n) is 12.8. The monoisotopic (exact) mass is 329 g/mol. The molecule has 2 heterocycles. The second kappa shape index (κ2) is 6.30. The summed E-state index contributed by atoms with van der Waals surface area (Å²) in [6, 6.07) is 12.6. The Labute approximate surface area is 138 Å². The molecule has 0 spiro atoms. The molecule has 1 N–H and O–H groups in total. The van der Waals surface area contributed by atoms with Gasteiger partial charge in [-0.05, 0) is 50.2 Å². The molecule has 3 rings (SSSR count). The fourth-order valence-electron chi connectivity index (χ4n) is 2.21. The highest BCUT2D eigenvalue weighted by Gasteiger charge is 2.18. The molecule has 0 fully saturated rings. The van der Waals surface area contributed by atoms with Gasteiger partial charge in [-0.2, -0.15) is 5.10 Å². The molecule has 2 aromatic heterocycles. The van der Waals surface area contributed by atoms with Crippen LogP contribution >= 0.6 is 11.6 Å². The van der Waals surface area contributed by atoms with Crippen molar-refractivity contribution in [3.63, 3.8) is 0 Å². The number of furan rings is 1. The molecule has 0 unspecified atom stereocenters. The van der Waals surface area contributed by atoms with E-state index in [0.29, 0.717) is 22.2 Å². The van der Waals surface area contributed by atoms with E-state index < -0.39 is 0 Å². The van der Waals surface area contributed by atoms with Crippen molar-refractivity contribution in [3.8, 4) is 17.1 Å². The molecule has 0 bridgehead atoms. The summed E-state index contributed by atoms with van der Waals surface area (Å²) in [5, 5.41) is 7.90. The molecular formula is C17H16ClN3O2. The Balaban J connectivity index is 2.07. The maximum absolute atomic E-state index is 12.2. The van der Waals surface area contributed by atoms with E-state index in [-0.39, 0.29) is 11.9 Å². The highest BCUT2D eigenvalue weighted by molar-refractivity contribution is 6.30. The van der Waals surface area contributed by atoms with Gasteiger partial charge in [0.2, 0.25) is 0 Å². The van der Waals surface area contributed by atoms with Gasteiger partial charge in [0.25, 0.3) is 5.91 Å². The summed E-state index contributed by atoms with van der Waals surface area (Å²) in [6.45, 7) is 3.81. The van der Waals surface area contributed by atoms with Crippen LogP contribution in [-0.2, 0) is 0 Å². The molecule has 0 radical (unpaired) electrons. The number of carbonyl (C=O) groups is 1. The van der Waals surface area contributed by atoms with E-state index in [1.165, 1.54) is 0 Å². The largest absolute Gasteiger partial charge is 0.463 e. The van der Waals surface area contributed by atoms with Crippen molar-refractivity contribution in [1.82, 2.24) is 15.1 Å². The van der Waals surface area contributed by atoms with Crippen LogP contribution in [0, 0.1) is 0 Å². The first-order valence-electron chi connectivity index (χ1n) is 7.25. The van der Waals surface area contributed by atoms with Crippen molar-refractivity contribution in [2.24, 2.45) is 0 Å². The third kappa shape index (κ3) is 3.29. The van der Waals surface area contributed by atoms with Gasteiger partial charge in [-0.3, -0.25) is 4.79 Å². The summed E-state index contributed by atoms with van der Waals surface area (Å²) in [7, 11) is 0. The second-order valence-electron chi connectivity index (χ2n) is 5.41. The normalized spacial score (nSPS) is 11.0. The lowest BCUT2D eigenvalue weighted by molar-refractivity contribution is 0.0937. The molecule has 3 aromatic rings. The van der Waals surface area contributed by atoms with E-state index in [2.05, 4.69) is 10.4 Å². The number of nitrogens with one attached hydrogen (secondary N) is 1. The van der Waals surface area contributed by atoms with Gasteiger partial charge in [-0.25, -0.2) is 4.68 Å². The molecule has 0 aliphatic heterocycles. The van der Waals surface area contributed by atoms with E-state index in [1.54, 1.807) is 35.2 Å².